The molecule has 1 aromatic carbocycles. The van der Waals surface area contributed by atoms with Crippen LogP contribution in [0.15, 0.2) is 35.7 Å². The zero-order valence-corrected chi connectivity index (χ0v) is 13.9. The zero-order valence-electron chi connectivity index (χ0n) is 13.1. The Morgan fingerprint density at radius 1 is 1.29 bits per heavy atom. The maximum absolute atomic E-state index is 12.2. The third-order valence-corrected chi connectivity index (χ3v) is 4.39. The van der Waals surface area contributed by atoms with E-state index in [1.165, 1.54) is 11.3 Å². The number of thiophene rings is 1. The minimum Gasteiger partial charge on any atom is -0.454 e. The maximum atomic E-state index is 12.2. The Bertz CT molecular complexity index is 729. The summed E-state index contributed by atoms with van der Waals surface area (Å²) in [7, 11) is 0. The number of hydrogen-bond acceptors (Lipinski definition) is 6. The molecule has 0 fully saturated rings. The van der Waals surface area contributed by atoms with Crippen LogP contribution in [-0.2, 0) is 16.1 Å². The van der Waals surface area contributed by atoms with Gasteiger partial charge in [-0.25, -0.2) is 4.79 Å². The van der Waals surface area contributed by atoms with Gasteiger partial charge in [-0.2, -0.15) is 0 Å². The van der Waals surface area contributed by atoms with E-state index in [-0.39, 0.29) is 12.7 Å². The Hall–Kier alpha value is -2.54. The van der Waals surface area contributed by atoms with Gasteiger partial charge in [-0.05, 0) is 35.6 Å². The average molecular weight is 347 g/mol. The maximum Gasteiger partial charge on any atom is 0.349 e. The molecule has 1 aliphatic rings. The summed E-state index contributed by atoms with van der Waals surface area (Å²) in [5.41, 5.74) is 0.882. The summed E-state index contributed by atoms with van der Waals surface area (Å²) in [4.78, 5) is 24.7. The quantitative estimate of drug-likeness (QED) is 0.814. The number of nitrogens with one attached hydrogen (secondary N) is 1. The molecule has 0 saturated heterocycles. The van der Waals surface area contributed by atoms with E-state index in [0.717, 1.165) is 5.56 Å². The summed E-state index contributed by atoms with van der Waals surface area (Å²) in [6.45, 7) is 2.33. The van der Waals surface area contributed by atoms with Gasteiger partial charge in [0.25, 0.3) is 5.91 Å². The van der Waals surface area contributed by atoms with Crippen molar-refractivity contribution in [3.05, 3.63) is 46.2 Å². The fourth-order valence-corrected chi connectivity index (χ4v) is 2.86. The lowest BCUT2D eigenvalue weighted by atomic mass is 10.2. The molecule has 0 spiro atoms. The Morgan fingerprint density at radius 2 is 2.12 bits per heavy atom. The molecule has 2 heterocycles. The van der Waals surface area contributed by atoms with Crippen molar-refractivity contribution in [3.63, 3.8) is 0 Å². The average Bonchev–Trinajstić information content (AvgIpc) is 3.27. The van der Waals surface area contributed by atoms with Crippen molar-refractivity contribution in [3.8, 4) is 11.5 Å². The molecule has 24 heavy (non-hydrogen) atoms. The van der Waals surface area contributed by atoms with Gasteiger partial charge >= 0.3 is 5.97 Å². The first-order chi connectivity index (χ1) is 11.7. The summed E-state index contributed by atoms with van der Waals surface area (Å²) < 4.78 is 15.8. The Kier molecular flexibility index (Phi) is 5.00. The van der Waals surface area contributed by atoms with Crippen LogP contribution in [0.1, 0.15) is 28.6 Å². The van der Waals surface area contributed by atoms with Crippen molar-refractivity contribution >= 4 is 23.2 Å². The molecule has 1 amide bonds. The SMILES string of the molecule is CC[C@H](OC(=O)c1cccs1)C(=O)NCc1ccc2c(c1)OCO2. The Balaban J connectivity index is 1.55. The van der Waals surface area contributed by atoms with E-state index in [2.05, 4.69) is 5.32 Å². The Labute approximate surface area is 143 Å². The fourth-order valence-electron chi connectivity index (χ4n) is 2.26. The first-order valence-electron chi connectivity index (χ1n) is 7.58. The monoisotopic (exact) mass is 347 g/mol. The van der Waals surface area contributed by atoms with Crippen molar-refractivity contribution in [1.29, 1.82) is 0 Å². The van der Waals surface area contributed by atoms with Crippen molar-refractivity contribution in [2.45, 2.75) is 26.0 Å². The first-order valence-corrected chi connectivity index (χ1v) is 8.46. The molecule has 1 aliphatic heterocycles. The van der Waals surface area contributed by atoms with Gasteiger partial charge in [0.2, 0.25) is 6.79 Å². The Morgan fingerprint density at radius 3 is 2.88 bits per heavy atom. The molecule has 3 rings (SSSR count). The minimum atomic E-state index is -0.811. The largest absolute Gasteiger partial charge is 0.454 e. The summed E-state index contributed by atoms with van der Waals surface area (Å²) in [6.07, 6.45) is -0.405. The first kappa shape index (κ1) is 16.3. The highest BCUT2D eigenvalue weighted by molar-refractivity contribution is 7.11. The molecule has 0 saturated carbocycles. The highest BCUT2D eigenvalue weighted by atomic mass is 32.1. The van der Waals surface area contributed by atoms with Crippen molar-refractivity contribution in [2.75, 3.05) is 6.79 Å². The number of fused-ring (bicyclic) bond motifs is 1. The number of rotatable bonds is 6. The van der Waals surface area contributed by atoms with Gasteiger partial charge in [0.15, 0.2) is 17.6 Å². The molecule has 0 bridgehead atoms. The van der Waals surface area contributed by atoms with Crippen molar-refractivity contribution in [1.82, 2.24) is 5.32 Å². The van der Waals surface area contributed by atoms with Crippen LogP contribution in [0.25, 0.3) is 0 Å². The number of amides is 1. The third kappa shape index (κ3) is 3.68. The normalized spacial score (nSPS) is 13.4. The molecule has 126 valence electrons. The van der Waals surface area contributed by atoms with E-state index >= 15 is 0 Å². The van der Waals surface area contributed by atoms with E-state index < -0.39 is 12.1 Å². The van der Waals surface area contributed by atoms with Gasteiger partial charge in [0, 0.05) is 6.54 Å². The van der Waals surface area contributed by atoms with Crippen LogP contribution in [0.3, 0.4) is 0 Å². The molecule has 1 atom stereocenters. The summed E-state index contributed by atoms with van der Waals surface area (Å²) >= 11 is 1.28. The van der Waals surface area contributed by atoms with Crippen molar-refractivity contribution in [2.24, 2.45) is 0 Å². The van der Waals surface area contributed by atoms with Crippen LogP contribution in [0.5, 0.6) is 11.5 Å². The molecule has 0 radical (unpaired) electrons. The standard InChI is InChI=1S/C17H17NO5S/c1-2-12(23-17(20)15-4-3-7-24-15)16(19)18-9-11-5-6-13-14(8-11)22-10-21-13/h3-8,12H,2,9-10H2,1H3,(H,18,19)/t12-/m0/s1. The van der Waals surface area contributed by atoms with Gasteiger partial charge in [-0.3, -0.25) is 4.79 Å². The number of hydrogen-bond donors (Lipinski definition) is 1. The summed E-state index contributed by atoms with van der Waals surface area (Å²) in [5, 5.41) is 4.57. The molecule has 0 aliphatic carbocycles. The second-order valence-electron chi connectivity index (χ2n) is 5.18. The van der Waals surface area contributed by atoms with Crippen LogP contribution in [0.2, 0.25) is 0 Å². The molecule has 0 unspecified atom stereocenters. The lowest BCUT2D eigenvalue weighted by molar-refractivity contribution is -0.130. The van der Waals surface area contributed by atoms with Crippen LogP contribution < -0.4 is 14.8 Å². The predicted molar refractivity (Wildman–Crippen MR) is 88.2 cm³/mol. The van der Waals surface area contributed by atoms with E-state index in [4.69, 9.17) is 14.2 Å². The molecular formula is C17H17NO5S. The van der Waals surface area contributed by atoms with Crippen molar-refractivity contribution < 1.29 is 23.8 Å². The minimum absolute atomic E-state index is 0.210. The molecule has 7 heteroatoms. The molecule has 6 nitrogen and oxygen atoms in total. The van der Waals surface area contributed by atoms with Gasteiger partial charge in [0.05, 0.1) is 0 Å². The van der Waals surface area contributed by atoms with Crippen LogP contribution in [0, 0.1) is 0 Å². The summed E-state index contributed by atoms with van der Waals surface area (Å²) in [5.74, 6) is 0.564. The van der Waals surface area contributed by atoms with Crippen LogP contribution >= 0.6 is 11.3 Å². The van der Waals surface area contributed by atoms with E-state index in [1.54, 1.807) is 30.5 Å². The lowest BCUT2D eigenvalue weighted by Crippen LogP contribution is -2.37. The zero-order chi connectivity index (χ0) is 16.9. The van der Waals surface area contributed by atoms with Gasteiger partial charge in [-0.1, -0.05) is 19.1 Å². The number of benzene rings is 1. The van der Waals surface area contributed by atoms with E-state index in [0.29, 0.717) is 29.3 Å². The number of ether oxygens (including phenoxy) is 3. The molecular weight excluding hydrogens is 330 g/mol. The number of esters is 1. The fraction of sp³-hybridized carbons (Fsp3) is 0.294. The van der Waals surface area contributed by atoms with Gasteiger partial charge in [0.1, 0.15) is 4.88 Å². The van der Waals surface area contributed by atoms with Gasteiger partial charge in [-0.15, -0.1) is 11.3 Å². The van der Waals surface area contributed by atoms with Gasteiger partial charge < -0.3 is 19.5 Å². The topological polar surface area (TPSA) is 73.9 Å². The molecule has 1 aromatic heterocycles. The van der Waals surface area contributed by atoms with Crippen LogP contribution in [-0.4, -0.2) is 24.8 Å². The number of carbonyl (C=O) groups excluding carboxylic acids is 2. The predicted octanol–water partition coefficient (Wildman–Crippen LogP) is 2.73. The third-order valence-electron chi connectivity index (χ3n) is 3.54. The number of carbonyl (C=O) groups is 2. The smallest absolute Gasteiger partial charge is 0.349 e. The van der Waals surface area contributed by atoms with E-state index in [1.807, 2.05) is 12.1 Å². The summed E-state index contributed by atoms with van der Waals surface area (Å²) in [6, 6.07) is 8.91. The highest BCUT2D eigenvalue weighted by Gasteiger charge is 2.22. The van der Waals surface area contributed by atoms with Crippen LogP contribution in [0.4, 0.5) is 0 Å². The lowest BCUT2D eigenvalue weighted by Gasteiger charge is -2.15. The second-order valence-corrected chi connectivity index (χ2v) is 6.13. The van der Waals surface area contributed by atoms with E-state index in [9.17, 15) is 9.59 Å². The second kappa shape index (κ2) is 7.35. The molecule has 2 aromatic rings. The highest BCUT2D eigenvalue weighted by Crippen LogP contribution is 2.32. The molecule has 1 N–H and O–H groups in total.